The summed E-state index contributed by atoms with van der Waals surface area (Å²) in [5, 5.41) is 0. The van der Waals surface area contributed by atoms with Gasteiger partial charge in [-0.25, -0.2) is 0 Å². The Labute approximate surface area is 159 Å². The van der Waals surface area contributed by atoms with Crippen LogP contribution in [0.25, 0.3) is 11.1 Å². The van der Waals surface area contributed by atoms with Crippen LogP contribution in [0.5, 0.6) is 0 Å². The first-order valence-corrected chi connectivity index (χ1v) is 8.88. The van der Waals surface area contributed by atoms with E-state index in [1.165, 1.54) is 0 Å². The van der Waals surface area contributed by atoms with E-state index in [4.69, 9.17) is 15.2 Å². The Morgan fingerprint density at radius 1 is 1.22 bits per heavy atom. The lowest BCUT2D eigenvalue weighted by atomic mass is 9.79. The highest BCUT2D eigenvalue weighted by Crippen LogP contribution is 2.37. The molecule has 1 atom stereocenters. The third kappa shape index (κ3) is 4.64. The molecular weight excluding hydrogens is 344 g/mol. The molecule has 3 N–H and O–H groups in total. The van der Waals surface area contributed by atoms with E-state index in [0.717, 1.165) is 11.1 Å². The summed E-state index contributed by atoms with van der Waals surface area (Å²) in [6, 6.07) is 7.06. The zero-order valence-electron chi connectivity index (χ0n) is 16.6. The van der Waals surface area contributed by atoms with Crippen LogP contribution < -0.4 is 11.3 Å². The number of benzene rings is 1. The van der Waals surface area contributed by atoms with Gasteiger partial charge in [0, 0.05) is 50.1 Å². The zero-order chi connectivity index (χ0) is 20.2. The van der Waals surface area contributed by atoms with Crippen molar-refractivity contribution in [3.63, 3.8) is 0 Å². The van der Waals surface area contributed by atoms with E-state index >= 15 is 0 Å². The van der Waals surface area contributed by atoms with Gasteiger partial charge in [0.1, 0.15) is 0 Å². The Balaban J connectivity index is 2.79. The van der Waals surface area contributed by atoms with Crippen molar-refractivity contribution in [3.8, 4) is 11.1 Å². The molecular formula is C21H28N2O4. The number of primary amides is 1. The van der Waals surface area contributed by atoms with Crippen LogP contribution in [0.3, 0.4) is 0 Å². The van der Waals surface area contributed by atoms with Crippen molar-refractivity contribution in [1.82, 2.24) is 4.98 Å². The molecule has 0 saturated carbocycles. The molecule has 1 aromatic carbocycles. The van der Waals surface area contributed by atoms with Gasteiger partial charge >= 0.3 is 0 Å². The lowest BCUT2D eigenvalue weighted by Crippen LogP contribution is -2.22. The number of aromatic nitrogens is 1. The Hall–Kier alpha value is -2.44. The van der Waals surface area contributed by atoms with E-state index in [9.17, 15) is 9.59 Å². The number of pyridine rings is 1. The zero-order valence-corrected chi connectivity index (χ0v) is 16.6. The summed E-state index contributed by atoms with van der Waals surface area (Å²) >= 11 is 0. The van der Waals surface area contributed by atoms with E-state index in [-0.39, 0.29) is 17.1 Å². The van der Waals surface area contributed by atoms with Crippen molar-refractivity contribution in [3.05, 3.63) is 57.5 Å². The number of rotatable bonds is 7. The molecule has 0 aliphatic heterocycles. The highest BCUT2D eigenvalue weighted by molar-refractivity contribution is 6.00. The van der Waals surface area contributed by atoms with Crippen LogP contribution in [0.2, 0.25) is 0 Å². The number of carbonyl (C=O) groups excluding carboxylic acids is 1. The second-order valence-electron chi connectivity index (χ2n) is 7.52. The highest BCUT2D eigenvalue weighted by atomic mass is 16.5. The molecule has 6 nitrogen and oxygen atoms in total. The maximum absolute atomic E-state index is 12.3. The topological polar surface area (TPSA) is 94.4 Å². The Bertz CT molecular complexity index is 865. The van der Waals surface area contributed by atoms with Crippen molar-refractivity contribution in [2.75, 3.05) is 20.8 Å². The molecule has 27 heavy (non-hydrogen) atoms. The molecule has 0 saturated heterocycles. The SMILES string of the molecule is COCCC(OC)c1cc(C(N)=O)c(-c2ccc[nH]c2=O)cc1C(C)(C)C. The quantitative estimate of drug-likeness (QED) is 0.780. The Morgan fingerprint density at radius 3 is 2.44 bits per heavy atom. The van der Waals surface area contributed by atoms with Crippen LogP contribution in [-0.4, -0.2) is 31.7 Å². The molecule has 0 aliphatic carbocycles. The van der Waals surface area contributed by atoms with Gasteiger partial charge in [-0.05, 0) is 40.8 Å². The van der Waals surface area contributed by atoms with E-state index in [0.29, 0.717) is 29.7 Å². The number of nitrogens with one attached hydrogen (secondary N) is 1. The summed E-state index contributed by atoms with van der Waals surface area (Å²) in [6.07, 6.45) is 1.94. The predicted octanol–water partition coefficient (Wildman–Crippen LogP) is 3.16. The van der Waals surface area contributed by atoms with Crippen molar-refractivity contribution in [2.24, 2.45) is 5.73 Å². The second-order valence-corrected chi connectivity index (χ2v) is 7.52. The molecule has 0 spiro atoms. The summed E-state index contributed by atoms with van der Waals surface area (Å²) in [5.41, 5.74) is 8.27. The van der Waals surface area contributed by atoms with Gasteiger partial charge in [-0.1, -0.05) is 20.8 Å². The number of hydrogen-bond acceptors (Lipinski definition) is 4. The minimum atomic E-state index is -0.587. The average Bonchev–Trinajstić information content (AvgIpc) is 2.61. The van der Waals surface area contributed by atoms with Crippen LogP contribution in [-0.2, 0) is 14.9 Å². The number of hydrogen-bond donors (Lipinski definition) is 2. The lowest BCUT2D eigenvalue weighted by molar-refractivity contribution is 0.0650. The normalized spacial score (nSPS) is 12.8. The molecule has 1 heterocycles. The van der Waals surface area contributed by atoms with Crippen LogP contribution in [0.1, 0.15) is 54.8 Å². The number of H-pyrrole nitrogens is 1. The van der Waals surface area contributed by atoms with Crippen LogP contribution in [0.15, 0.2) is 35.3 Å². The molecule has 0 fully saturated rings. The lowest BCUT2D eigenvalue weighted by Gasteiger charge is -2.28. The van der Waals surface area contributed by atoms with Crippen molar-refractivity contribution in [2.45, 2.75) is 38.7 Å². The first kappa shape index (κ1) is 20.9. The van der Waals surface area contributed by atoms with E-state index in [1.807, 2.05) is 6.07 Å². The summed E-state index contributed by atoms with van der Waals surface area (Å²) in [7, 11) is 3.27. The summed E-state index contributed by atoms with van der Waals surface area (Å²) in [5.74, 6) is -0.587. The fraction of sp³-hybridized carbons (Fsp3) is 0.429. The number of nitrogens with two attached hydrogens (primary N) is 1. The van der Waals surface area contributed by atoms with Crippen molar-refractivity contribution < 1.29 is 14.3 Å². The Kier molecular flexibility index (Phi) is 6.57. The standard InChI is InChI=1S/C21H28N2O4/c1-21(2,3)17-12-14(13-7-6-9-23-20(13)25)15(19(22)24)11-16(17)18(27-5)8-10-26-4/h6-7,9,11-12,18H,8,10H2,1-5H3,(H2,22,24)(H,23,25). The Morgan fingerprint density at radius 2 is 1.93 bits per heavy atom. The maximum atomic E-state index is 12.3. The van der Waals surface area contributed by atoms with Crippen LogP contribution >= 0.6 is 0 Å². The largest absolute Gasteiger partial charge is 0.385 e. The van der Waals surface area contributed by atoms with Gasteiger partial charge < -0.3 is 20.2 Å². The van der Waals surface area contributed by atoms with Crippen LogP contribution in [0, 0.1) is 0 Å². The minimum Gasteiger partial charge on any atom is -0.385 e. The smallest absolute Gasteiger partial charge is 0.255 e. The fourth-order valence-corrected chi connectivity index (χ4v) is 3.22. The van der Waals surface area contributed by atoms with Gasteiger partial charge in [0.25, 0.3) is 5.56 Å². The van der Waals surface area contributed by atoms with Gasteiger partial charge in [0.2, 0.25) is 5.91 Å². The third-order valence-corrected chi connectivity index (χ3v) is 4.59. The molecule has 2 rings (SSSR count). The molecule has 0 radical (unpaired) electrons. The first-order chi connectivity index (χ1) is 12.7. The molecule has 1 aromatic heterocycles. The predicted molar refractivity (Wildman–Crippen MR) is 106 cm³/mol. The fourth-order valence-electron chi connectivity index (χ4n) is 3.22. The third-order valence-electron chi connectivity index (χ3n) is 4.59. The van der Waals surface area contributed by atoms with E-state index < -0.39 is 5.91 Å². The summed E-state index contributed by atoms with van der Waals surface area (Å²) < 4.78 is 10.9. The van der Waals surface area contributed by atoms with Crippen LogP contribution in [0.4, 0.5) is 0 Å². The number of ether oxygens (including phenoxy) is 2. The molecule has 146 valence electrons. The van der Waals surface area contributed by atoms with Gasteiger partial charge in [0.05, 0.1) is 6.10 Å². The highest BCUT2D eigenvalue weighted by Gasteiger charge is 2.27. The molecule has 1 unspecified atom stereocenters. The molecule has 1 amide bonds. The summed E-state index contributed by atoms with van der Waals surface area (Å²) in [4.78, 5) is 27.2. The number of carbonyl (C=O) groups is 1. The monoisotopic (exact) mass is 372 g/mol. The second kappa shape index (κ2) is 8.50. The minimum absolute atomic E-state index is 0.231. The molecule has 2 aromatic rings. The van der Waals surface area contributed by atoms with Gasteiger partial charge in [0.15, 0.2) is 0 Å². The van der Waals surface area contributed by atoms with Crippen molar-refractivity contribution in [1.29, 1.82) is 0 Å². The van der Waals surface area contributed by atoms with Crippen molar-refractivity contribution >= 4 is 5.91 Å². The number of aromatic amines is 1. The van der Waals surface area contributed by atoms with E-state index in [2.05, 4.69) is 25.8 Å². The van der Waals surface area contributed by atoms with E-state index in [1.54, 1.807) is 38.6 Å². The molecule has 0 bridgehead atoms. The number of methoxy groups -OCH3 is 2. The average molecular weight is 372 g/mol. The maximum Gasteiger partial charge on any atom is 0.255 e. The molecule has 0 aliphatic rings. The van der Waals surface area contributed by atoms with Gasteiger partial charge in [-0.15, -0.1) is 0 Å². The molecule has 6 heteroatoms. The number of amides is 1. The van der Waals surface area contributed by atoms with Gasteiger partial charge in [-0.2, -0.15) is 0 Å². The van der Waals surface area contributed by atoms with Gasteiger partial charge in [-0.3, -0.25) is 9.59 Å². The summed E-state index contributed by atoms with van der Waals surface area (Å²) in [6.45, 7) is 6.77. The first-order valence-electron chi connectivity index (χ1n) is 8.88.